The van der Waals surface area contributed by atoms with Crippen LogP contribution in [0.15, 0.2) is 61.3 Å². The molecule has 0 saturated carbocycles. The number of rotatable bonds is 4. The van der Waals surface area contributed by atoms with Gasteiger partial charge in [-0.3, -0.25) is 4.79 Å². The van der Waals surface area contributed by atoms with Crippen LogP contribution < -0.4 is 9.72 Å². The minimum Gasteiger partial charge on any atom is -0.474 e. The van der Waals surface area contributed by atoms with Gasteiger partial charge in [-0.25, -0.2) is 15.0 Å². The van der Waals surface area contributed by atoms with E-state index in [9.17, 15) is 9.90 Å². The molecule has 0 bridgehead atoms. The molecule has 0 spiro atoms. The van der Waals surface area contributed by atoms with Crippen molar-refractivity contribution >= 4 is 17.4 Å². The van der Waals surface area contributed by atoms with Crippen molar-refractivity contribution in [3.05, 3.63) is 78.3 Å². The highest BCUT2D eigenvalue weighted by Gasteiger charge is 2.31. The van der Waals surface area contributed by atoms with E-state index in [0.717, 1.165) is 11.3 Å². The zero-order valence-electron chi connectivity index (χ0n) is 14.6. The maximum atomic E-state index is 12.9. The number of aryl methyl sites for hydroxylation is 1. The number of fused-ring (bicyclic) bond motifs is 1. The first-order chi connectivity index (χ1) is 13.1. The van der Waals surface area contributed by atoms with Crippen molar-refractivity contribution in [3.63, 3.8) is 0 Å². The van der Waals surface area contributed by atoms with Gasteiger partial charge in [-0.15, -0.1) is 0 Å². The Bertz CT molecular complexity index is 1120. The Morgan fingerprint density at radius 1 is 1.19 bits per heavy atom. The number of carbonyl (C=O) groups excluding carboxylic acids is 1. The highest BCUT2D eigenvalue weighted by molar-refractivity contribution is 6.03. The lowest BCUT2D eigenvalue weighted by Gasteiger charge is -2.02. The van der Waals surface area contributed by atoms with Gasteiger partial charge in [-0.1, -0.05) is 12.1 Å². The number of nitrogens with zero attached hydrogens (tertiary/aromatic N) is 5. The van der Waals surface area contributed by atoms with Gasteiger partial charge in [-0.2, -0.15) is 8.97 Å². The van der Waals surface area contributed by atoms with Gasteiger partial charge in [0.05, 0.1) is 6.20 Å². The van der Waals surface area contributed by atoms with Gasteiger partial charge in [0.25, 0.3) is 11.3 Å². The monoisotopic (exact) mass is 361 g/mol. The molecule has 2 N–H and O–H groups in total. The SMILES string of the molecule is Cc1cccc(NC(=O)c2c(O)n(Cc3cncnc3)c3cccc[n+]23)n1. The summed E-state index contributed by atoms with van der Waals surface area (Å²) in [4.78, 5) is 25.1. The molecule has 8 nitrogen and oxygen atoms in total. The molecule has 0 aliphatic carbocycles. The number of imidazole rings is 1. The standard InChI is InChI=1S/C19H16N6O2/c1-13-5-4-6-15(22-13)23-18(26)17-19(27)25(11-14-9-20-12-21-10-14)16-7-2-3-8-24(16)17/h2-10,12H,11H2,1H3,(H-,22,23,26,27)/p+1. The van der Waals surface area contributed by atoms with Gasteiger partial charge < -0.3 is 10.4 Å². The zero-order valence-corrected chi connectivity index (χ0v) is 14.6. The van der Waals surface area contributed by atoms with Gasteiger partial charge in [0.15, 0.2) is 0 Å². The first-order valence-electron chi connectivity index (χ1n) is 8.34. The summed E-state index contributed by atoms with van der Waals surface area (Å²) in [6, 6.07) is 10.8. The second-order valence-electron chi connectivity index (χ2n) is 6.05. The molecule has 0 aromatic carbocycles. The zero-order chi connectivity index (χ0) is 18.8. The fraction of sp³-hybridized carbons (Fsp3) is 0.105. The van der Waals surface area contributed by atoms with E-state index in [-0.39, 0.29) is 11.6 Å². The van der Waals surface area contributed by atoms with E-state index in [1.165, 1.54) is 6.33 Å². The van der Waals surface area contributed by atoms with Crippen LogP contribution in [0.25, 0.3) is 5.65 Å². The molecule has 1 amide bonds. The molecule has 0 radical (unpaired) electrons. The third-order valence-electron chi connectivity index (χ3n) is 4.12. The molecule has 0 unspecified atom stereocenters. The van der Waals surface area contributed by atoms with Crippen LogP contribution in [0.5, 0.6) is 5.88 Å². The summed E-state index contributed by atoms with van der Waals surface area (Å²) in [6.45, 7) is 2.17. The maximum Gasteiger partial charge on any atom is 0.337 e. The van der Waals surface area contributed by atoms with Crippen LogP contribution in [0.3, 0.4) is 0 Å². The molecular weight excluding hydrogens is 344 g/mol. The Hall–Kier alpha value is -3.81. The second-order valence-corrected chi connectivity index (χ2v) is 6.05. The lowest BCUT2D eigenvalue weighted by Crippen LogP contribution is -2.30. The molecular formula is C19H17N6O2+. The van der Waals surface area contributed by atoms with E-state index in [1.807, 2.05) is 31.2 Å². The van der Waals surface area contributed by atoms with E-state index in [4.69, 9.17) is 0 Å². The topological polar surface area (TPSA) is 97.0 Å². The Kier molecular flexibility index (Phi) is 4.21. The minimum absolute atomic E-state index is 0.130. The largest absolute Gasteiger partial charge is 0.474 e. The third kappa shape index (κ3) is 3.20. The van der Waals surface area contributed by atoms with Crippen molar-refractivity contribution in [3.8, 4) is 5.88 Å². The number of nitrogens with one attached hydrogen (secondary N) is 1. The quantitative estimate of drug-likeness (QED) is 0.540. The van der Waals surface area contributed by atoms with E-state index in [1.54, 1.807) is 39.7 Å². The fourth-order valence-corrected chi connectivity index (χ4v) is 2.94. The molecule has 27 heavy (non-hydrogen) atoms. The predicted octanol–water partition coefficient (Wildman–Crippen LogP) is 1.73. The van der Waals surface area contributed by atoms with Gasteiger partial charge >= 0.3 is 11.8 Å². The summed E-state index contributed by atoms with van der Waals surface area (Å²) in [5.74, 6) is -0.168. The molecule has 0 saturated heterocycles. The highest BCUT2D eigenvalue weighted by atomic mass is 16.3. The molecule has 134 valence electrons. The molecule has 4 aromatic heterocycles. The second kappa shape index (κ2) is 6.83. The van der Waals surface area contributed by atoms with Crippen LogP contribution in [0, 0.1) is 6.92 Å². The van der Waals surface area contributed by atoms with E-state index < -0.39 is 5.91 Å². The minimum atomic E-state index is -0.449. The summed E-state index contributed by atoms with van der Waals surface area (Å²) >= 11 is 0. The first-order valence-corrected chi connectivity index (χ1v) is 8.34. The number of aromatic hydroxyl groups is 1. The maximum absolute atomic E-state index is 12.9. The lowest BCUT2D eigenvalue weighted by molar-refractivity contribution is -0.513. The number of carbonyl (C=O) groups is 1. The van der Waals surface area contributed by atoms with Crippen molar-refractivity contribution in [2.75, 3.05) is 5.32 Å². The lowest BCUT2D eigenvalue weighted by atomic mass is 10.3. The smallest absolute Gasteiger partial charge is 0.337 e. The van der Waals surface area contributed by atoms with Crippen LogP contribution >= 0.6 is 0 Å². The molecule has 0 aliphatic heterocycles. The van der Waals surface area contributed by atoms with E-state index in [0.29, 0.717) is 18.0 Å². The molecule has 4 rings (SSSR count). The van der Waals surface area contributed by atoms with Crippen molar-refractivity contribution in [1.29, 1.82) is 0 Å². The Morgan fingerprint density at radius 2 is 2.00 bits per heavy atom. The third-order valence-corrected chi connectivity index (χ3v) is 4.12. The van der Waals surface area contributed by atoms with Gasteiger partial charge in [0.1, 0.15) is 18.7 Å². The molecule has 4 heterocycles. The Balaban J connectivity index is 1.76. The van der Waals surface area contributed by atoms with Crippen LogP contribution in [-0.4, -0.2) is 30.5 Å². The average molecular weight is 361 g/mol. The summed E-state index contributed by atoms with van der Waals surface area (Å²) in [5.41, 5.74) is 2.39. The molecule has 0 atom stereocenters. The molecule has 0 aliphatic rings. The van der Waals surface area contributed by atoms with Crippen molar-refractivity contribution in [2.45, 2.75) is 13.5 Å². The summed E-state index contributed by atoms with van der Waals surface area (Å²) in [7, 11) is 0. The van der Waals surface area contributed by atoms with Crippen molar-refractivity contribution in [2.24, 2.45) is 0 Å². The summed E-state index contributed by atoms with van der Waals surface area (Å²) in [6.07, 6.45) is 6.51. The van der Waals surface area contributed by atoms with Crippen molar-refractivity contribution in [1.82, 2.24) is 19.5 Å². The van der Waals surface area contributed by atoms with E-state index >= 15 is 0 Å². The van der Waals surface area contributed by atoms with Gasteiger partial charge in [-0.05, 0) is 25.1 Å². The number of amides is 1. The summed E-state index contributed by atoms with van der Waals surface area (Å²) < 4.78 is 3.28. The normalized spacial score (nSPS) is 10.9. The summed E-state index contributed by atoms with van der Waals surface area (Å²) in [5, 5.41) is 13.5. The van der Waals surface area contributed by atoms with Crippen LogP contribution in [0.4, 0.5) is 5.82 Å². The van der Waals surface area contributed by atoms with Gasteiger partial charge in [0, 0.05) is 29.7 Å². The van der Waals surface area contributed by atoms with Crippen LogP contribution in [-0.2, 0) is 6.54 Å². The average Bonchev–Trinajstić information content (AvgIpc) is 2.94. The molecule has 8 heteroatoms. The highest BCUT2D eigenvalue weighted by Crippen LogP contribution is 2.21. The number of aromatic nitrogens is 5. The molecule has 4 aromatic rings. The Morgan fingerprint density at radius 3 is 2.78 bits per heavy atom. The number of hydrogen-bond acceptors (Lipinski definition) is 5. The van der Waals surface area contributed by atoms with E-state index in [2.05, 4.69) is 20.3 Å². The van der Waals surface area contributed by atoms with Crippen molar-refractivity contribution < 1.29 is 14.3 Å². The predicted molar refractivity (Wildman–Crippen MR) is 97.3 cm³/mol. The first kappa shape index (κ1) is 16.6. The van der Waals surface area contributed by atoms with Gasteiger partial charge in [0.2, 0.25) is 0 Å². The Labute approximate surface area is 154 Å². The number of hydrogen-bond donors (Lipinski definition) is 2. The number of pyridine rings is 2. The van der Waals surface area contributed by atoms with Crippen LogP contribution in [0.1, 0.15) is 21.7 Å². The van der Waals surface area contributed by atoms with Crippen LogP contribution in [0.2, 0.25) is 0 Å². The number of anilines is 1. The molecule has 0 fully saturated rings. The fourth-order valence-electron chi connectivity index (χ4n) is 2.94.